The maximum absolute atomic E-state index is 12.9. The fourth-order valence-electron chi connectivity index (χ4n) is 2.28. The molecule has 1 amide bonds. The summed E-state index contributed by atoms with van der Waals surface area (Å²) in [4.78, 5) is 10.9. The molecule has 2 aromatic rings. The van der Waals surface area contributed by atoms with Crippen LogP contribution in [-0.2, 0) is 17.8 Å². The van der Waals surface area contributed by atoms with E-state index in [1.807, 2.05) is 12.1 Å². The highest BCUT2D eigenvalue weighted by Gasteiger charge is 2.12. The van der Waals surface area contributed by atoms with Crippen molar-refractivity contribution in [1.29, 1.82) is 0 Å². The second-order valence-corrected chi connectivity index (χ2v) is 6.27. The van der Waals surface area contributed by atoms with Crippen LogP contribution in [0.5, 0.6) is 11.5 Å². The molecular weight excluding hydrogens is 427 g/mol. The third-order valence-electron chi connectivity index (χ3n) is 3.48. The molecule has 0 atom stereocenters. The van der Waals surface area contributed by atoms with Crippen molar-refractivity contribution in [2.45, 2.75) is 13.0 Å². The Morgan fingerprint density at radius 3 is 2.54 bits per heavy atom. The molecule has 3 N–H and O–H groups in total. The van der Waals surface area contributed by atoms with Gasteiger partial charge in [-0.3, -0.25) is 4.79 Å². The van der Waals surface area contributed by atoms with Crippen LogP contribution in [0.2, 0.25) is 0 Å². The first kappa shape index (κ1) is 22.2. The van der Waals surface area contributed by atoms with Gasteiger partial charge < -0.3 is 20.5 Å². The predicted molar refractivity (Wildman–Crippen MR) is 104 cm³/mol. The molecule has 0 heterocycles. The van der Waals surface area contributed by atoms with Crippen molar-refractivity contribution in [3.05, 3.63) is 57.8 Å². The Balaban J connectivity index is 0.00000338. The van der Waals surface area contributed by atoms with E-state index in [1.165, 1.54) is 19.2 Å². The summed E-state index contributed by atoms with van der Waals surface area (Å²) in [5.74, 6) is 0.176. The molecule has 0 fully saturated rings. The molecule has 5 nitrogen and oxygen atoms in total. The van der Waals surface area contributed by atoms with E-state index in [1.54, 1.807) is 12.1 Å². The Kier molecular flexibility index (Phi) is 9.40. The summed E-state index contributed by atoms with van der Waals surface area (Å²) in [7, 11) is 1.53. The molecule has 0 bridgehead atoms. The molecule has 0 saturated heterocycles. The van der Waals surface area contributed by atoms with E-state index in [9.17, 15) is 9.18 Å². The molecule has 0 aromatic heterocycles. The molecule has 0 spiro atoms. The van der Waals surface area contributed by atoms with Crippen molar-refractivity contribution < 1.29 is 18.7 Å². The van der Waals surface area contributed by atoms with E-state index in [-0.39, 0.29) is 24.8 Å². The van der Waals surface area contributed by atoms with Crippen LogP contribution in [0.4, 0.5) is 4.39 Å². The average molecular weight is 448 g/mol. The minimum atomic E-state index is -0.555. The Morgan fingerprint density at radius 1 is 1.23 bits per heavy atom. The largest absolute Gasteiger partial charge is 0.493 e. The summed E-state index contributed by atoms with van der Waals surface area (Å²) in [6.07, 6.45) is 0.804. The van der Waals surface area contributed by atoms with Crippen LogP contribution < -0.4 is 20.5 Å². The van der Waals surface area contributed by atoms with Crippen molar-refractivity contribution in [1.82, 2.24) is 5.32 Å². The number of hydrogen-bond acceptors (Lipinski definition) is 4. The minimum Gasteiger partial charge on any atom is -0.493 e. The van der Waals surface area contributed by atoms with Crippen molar-refractivity contribution in [3.63, 3.8) is 0 Å². The van der Waals surface area contributed by atoms with Gasteiger partial charge in [0.1, 0.15) is 5.82 Å². The summed E-state index contributed by atoms with van der Waals surface area (Å²) in [5, 5.41) is 3.33. The zero-order chi connectivity index (χ0) is 18.2. The van der Waals surface area contributed by atoms with Gasteiger partial charge in [0.15, 0.2) is 18.1 Å². The number of carbonyl (C=O) groups excluding carboxylic acids is 1. The van der Waals surface area contributed by atoms with Crippen LogP contribution in [-0.4, -0.2) is 26.2 Å². The smallest absolute Gasteiger partial charge is 0.255 e. The number of primary amides is 1. The maximum atomic E-state index is 12.9. The van der Waals surface area contributed by atoms with Crippen LogP contribution in [0.15, 0.2) is 40.9 Å². The van der Waals surface area contributed by atoms with Crippen molar-refractivity contribution in [2.24, 2.45) is 5.73 Å². The first-order valence-corrected chi connectivity index (χ1v) is 8.51. The summed E-state index contributed by atoms with van der Waals surface area (Å²) in [5.41, 5.74) is 7.16. The lowest BCUT2D eigenvalue weighted by atomic mass is 10.1. The molecule has 142 valence electrons. The Morgan fingerprint density at radius 2 is 1.92 bits per heavy atom. The molecule has 8 heteroatoms. The third-order valence-corrected chi connectivity index (χ3v) is 4.07. The Bertz CT molecular complexity index is 729. The molecule has 0 radical (unpaired) electrons. The Hall–Kier alpha value is -1.83. The van der Waals surface area contributed by atoms with Crippen LogP contribution >= 0.6 is 28.3 Å². The molecule has 0 aliphatic carbocycles. The van der Waals surface area contributed by atoms with Gasteiger partial charge in [0.2, 0.25) is 0 Å². The fourth-order valence-corrected chi connectivity index (χ4v) is 2.88. The van der Waals surface area contributed by atoms with E-state index in [4.69, 9.17) is 15.2 Å². The van der Waals surface area contributed by atoms with Gasteiger partial charge >= 0.3 is 0 Å². The highest BCUT2D eigenvalue weighted by molar-refractivity contribution is 9.10. The molecule has 0 aliphatic rings. The summed E-state index contributed by atoms with van der Waals surface area (Å²) < 4.78 is 24.2. The highest BCUT2D eigenvalue weighted by atomic mass is 79.9. The lowest BCUT2D eigenvalue weighted by Gasteiger charge is -2.14. The number of ether oxygens (including phenoxy) is 2. The second-order valence-electron chi connectivity index (χ2n) is 5.42. The monoisotopic (exact) mass is 446 g/mol. The number of halogens is 3. The SMILES string of the molecule is COc1cc(CNCCc2ccc(F)cc2)cc(Br)c1OCC(N)=O.Cl. The third kappa shape index (κ3) is 6.82. The second kappa shape index (κ2) is 11.0. The molecular formula is C18H21BrClFN2O3. The standard InChI is InChI=1S/C18H20BrFN2O3.ClH/c1-24-16-9-13(8-15(19)18(16)25-11-17(21)23)10-22-7-6-12-2-4-14(20)5-3-12;/h2-5,8-9,22H,6-7,10-11H2,1H3,(H2,21,23);1H. The highest BCUT2D eigenvalue weighted by Crippen LogP contribution is 2.36. The van der Waals surface area contributed by atoms with Gasteiger partial charge in [-0.05, 0) is 64.3 Å². The summed E-state index contributed by atoms with van der Waals surface area (Å²) in [6, 6.07) is 10.2. The predicted octanol–water partition coefficient (Wildman–Crippen LogP) is 3.22. The molecule has 2 aromatic carbocycles. The average Bonchev–Trinajstić information content (AvgIpc) is 2.58. The lowest BCUT2D eigenvalue weighted by molar-refractivity contribution is -0.119. The van der Waals surface area contributed by atoms with Crippen LogP contribution in [0.25, 0.3) is 0 Å². The van der Waals surface area contributed by atoms with Gasteiger partial charge in [-0.2, -0.15) is 0 Å². The first-order chi connectivity index (χ1) is 12.0. The lowest BCUT2D eigenvalue weighted by Crippen LogP contribution is -2.20. The molecule has 0 unspecified atom stereocenters. The van der Waals surface area contributed by atoms with Crippen LogP contribution in [0.3, 0.4) is 0 Å². The molecule has 26 heavy (non-hydrogen) atoms. The molecule has 2 rings (SSSR count). The number of carbonyl (C=O) groups is 1. The van der Waals surface area contributed by atoms with Gasteiger partial charge in [-0.15, -0.1) is 12.4 Å². The molecule has 0 aliphatic heterocycles. The number of nitrogens with two attached hydrogens (primary N) is 1. The number of methoxy groups -OCH3 is 1. The summed E-state index contributed by atoms with van der Waals surface area (Å²) in [6.45, 7) is 1.17. The van der Waals surface area contributed by atoms with Crippen LogP contribution in [0, 0.1) is 5.82 Å². The number of benzene rings is 2. The van der Waals surface area contributed by atoms with Gasteiger partial charge in [-0.25, -0.2) is 4.39 Å². The zero-order valence-corrected chi connectivity index (χ0v) is 16.7. The Labute approximate surface area is 166 Å². The quantitative estimate of drug-likeness (QED) is 0.579. The van der Waals surface area contributed by atoms with Gasteiger partial charge in [0, 0.05) is 6.54 Å². The van der Waals surface area contributed by atoms with E-state index in [0.717, 1.165) is 24.1 Å². The summed E-state index contributed by atoms with van der Waals surface area (Å²) >= 11 is 3.42. The van der Waals surface area contributed by atoms with Crippen LogP contribution in [0.1, 0.15) is 11.1 Å². The molecule has 0 saturated carbocycles. The van der Waals surface area contributed by atoms with Crippen molar-refractivity contribution in [3.8, 4) is 11.5 Å². The normalized spacial score (nSPS) is 10.1. The topological polar surface area (TPSA) is 73.6 Å². The van der Waals surface area contributed by atoms with E-state index in [0.29, 0.717) is 22.5 Å². The van der Waals surface area contributed by atoms with Crippen molar-refractivity contribution >= 4 is 34.2 Å². The fraction of sp³-hybridized carbons (Fsp3) is 0.278. The zero-order valence-electron chi connectivity index (χ0n) is 14.3. The van der Waals surface area contributed by atoms with E-state index >= 15 is 0 Å². The first-order valence-electron chi connectivity index (χ1n) is 7.72. The minimum absolute atomic E-state index is 0. The van der Waals surface area contributed by atoms with Crippen molar-refractivity contribution in [2.75, 3.05) is 20.3 Å². The number of hydrogen-bond donors (Lipinski definition) is 2. The van der Waals surface area contributed by atoms with E-state index < -0.39 is 5.91 Å². The van der Waals surface area contributed by atoms with Gasteiger partial charge in [0.05, 0.1) is 11.6 Å². The number of nitrogens with one attached hydrogen (secondary N) is 1. The number of rotatable bonds is 9. The number of amides is 1. The van der Waals surface area contributed by atoms with E-state index in [2.05, 4.69) is 21.2 Å². The van der Waals surface area contributed by atoms with Gasteiger partial charge in [0.25, 0.3) is 5.91 Å². The van der Waals surface area contributed by atoms with Gasteiger partial charge in [-0.1, -0.05) is 12.1 Å². The maximum Gasteiger partial charge on any atom is 0.255 e.